The molecule has 0 radical (unpaired) electrons. The molecular weight excluding hydrogens is 390 g/mol. The highest BCUT2D eigenvalue weighted by atomic mass is 15.3. The van der Waals surface area contributed by atoms with E-state index in [2.05, 4.69) is 84.6 Å². The molecule has 3 nitrogen and oxygen atoms in total. The van der Waals surface area contributed by atoms with E-state index in [0.29, 0.717) is 0 Å². The van der Waals surface area contributed by atoms with Crippen LogP contribution in [0, 0.1) is 5.92 Å². The van der Waals surface area contributed by atoms with E-state index >= 15 is 0 Å². The Labute approximate surface area is 196 Å². The molecule has 174 valence electrons. The van der Waals surface area contributed by atoms with Crippen LogP contribution in [0.15, 0.2) is 48.2 Å². The molecule has 0 aromatic heterocycles. The highest BCUT2D eigenvalue weighted by Crippen LogP contribution is 2.47. The third-order valence-electron chi connectivity index (χ3n) is 8.07. The molecule has 4 rings (SSSR count). The lowest BCUT2D eigenvalue weighted by Crippen LogP contribution is -2.28. The first-order valence-electron chi connectivity index (χ1n) is 13.2. The molecule has 0 atom stereocenters. The molecule has 0 spiro atoms. The topological polar surface area (TPSA) is 9.49 Å². The number of benzene rings is 1. The molecule has 1 fully saturated rings. The Morgan fingerprint density at radius 1 is 1.09 bits per heavy atom. The summed E-state index contributed by atoms with van der Waals surface area (Å²) in [6, 6.07) is 9.05. The zero-order valence-corrected chi connectivity index (χ0v) is 20.9. The molecule has 0 bridgehead atoms. The minimum Gasteiger partial charge on any atom is -0.344 e. The first-order chi connectivity index (χ1) is 15.6. The van der Waals surface area contributed by atoms with Gasteiger partial charge in [-0.05, 0) is 43.9 Å². The van der Waals surface area contributed by atoms with E-state index in [0.717, 1.165) is 38.6 Å². The van der Waals surface area contributed by atoms with Gasteiger partial charge < -0.3 is 4.90 Å². The maximum Gasteiger partial charge on any atom is 0.272 e. The summed E-state index contributed by atoms with van der Waals surface area (Å²) >= 11 is 0. The van der Waals surface area contributed by atoms with Gasteiger partial charge in [0.25, 0.3) is 5.84 Å². The van der Waals surface area contributed by atoms with Crippen LogP contribution >= 0.6 is 0 Å². The SMILES string of the molecule is CCN1CC[N+](CC)=C1/C=C/C=C1/N(CCCCC2CCCC2)c2ccccc2C1(C)C. The number of likely N-dealkylation sites (N-methyl/N-ethyl adjacent to an activating group) is 2. The minimum atomic E-state index is 0.0433. The van der Waals surface area contributed by atoms with Crippen molar-refractivity contribution in [3.05, 3.63) is 53.8 Å². The number of para-hydroxylation sites is 1. The first kappa shape index (κ1) is 23.1. The monoisotopic (exact) mass is 434 g/mol. The van der Waals surface area contributed by atoms with Gasteiger partial charge in [0.1, 0.15) is 13.1 Å². The Hall–Kier alpha value is -2.03. The van der Waals surface area contributed by atoms with Crippen molar-refractivity contribution in [1.82, 2.24) is 4.90 Å². The highest BCUT2D eigenvalue weighted by molar-refractivity contribution is 5.89. The minimum absolute atomic E-state index is 0.0433. The van der Waals surface area contributed by atoms with Gasteiger partial charge in [-0.2, -0.15) is 0 Å². The highest BCUT2D eigenvalue weighted by Gasteiger charge is 2.39. The molecule has 1 saturated carbocycles. The summed E-state index contributed by atoms with van der Waals surface area (Å²) in [5.41, 5.74) is 4.37. The molecule has 32 heavy (non-hydrogen) atoms. The van der Waals surface area contributed by atoms with E-state index < -0.39 is 0 Å². The Morgan fingerprint density at radius 3 is 2.62 bits per heavy atom. The number of nitrogens with zero attached hydrogens (tertiary/aromatic N) is 3. The zero-order chi connectivity index (χ0) is 22.6. The first-order valence-corrected chi connectivity index (χ1v) is 13.2. The molecular formula is C29H44N3+. The third-order valence-corrected chi connectivity index (χ3v) is 8.07. The molecule has 2 aliphatic heterocycles. The van der Waals surface area contributed by atoms with Crippen molar-refractivity contribution >= 4 is 11.5 Å². The van der Waals surface area contributed by atoms with Crippen LogP contribution in [0.1, 0.15) is 78.2 Å². The van der Waals surface area contributed by atoms with Gasteiger partial charge >= 0.3 is 0 Å². The predicted octanol–water partition coefficient (Wildman–Crippen LogP) is 6.35. The third kappa shape index (κ3) is 4.67. The number of rotatable bonds is 9. The van der Waals surface area contributed by atoms with Crippen molar-refractivity contribution in [2.24, 2.45) is 5.92 Å². The summed E-state index contributed by atoms with van der Waals surface area (Å²) in [5.74, 6) is 2.38. The van der Waals surface area contributed by atoms with Gasteiger partial charge in [-0.15, -0.1) is 0 Å². The van der Waals surface area contributed by atoms with Crippen LogP contribution < -0.4 is 4.90 Å². The second-order valence-electron chi connectivity index (χ2n) is 10.4. The van der Waals surface area contributed by atoms with Crippen molar-refractivity contribution in [3.63, 3.8) is 0 Å². The number of unbranched alkanes of at least 4 members (excludes halogenated alkanes) is 1. The van der Waals surface area contributed by atoms with Gasteiger partial charge in [0, 0.05) is 29.4 Å². The van der Waals surface area contributed by atoms with Gasteiger partial charge in [0.2, 0.25) is 0 Å². The van der Waals surface area contributed by atoms with E-state index in [1.54, 1.807) is 0 Å². The van der Waals surface area contributed by atoms with Crippen LogP contribution in [-0.4, -0.2) is 48.0 Å². The number of fused-ring (bicyclic) bond motifs is 1. The van der Waals surface area contributed by atoms with Crippen molar-refractivity contribution < 1.29 is 4.58 Å². The van der Waals surface area contributed by atoms with Crippen LogP contribution in [0.2, 0.25) is 0 Å². The van der Waals surface area contributed by atoms with E-state index in [1.165, 1.54) is 67.7 Å². The van der Waals surface area contributed by atoms with Crippen molar-refractivity contribution in [1.29, 1.82) is 0 Å². The van der Waals surface area contributed by atoms with E-state index in [-0.39, 0.29) is 5.41 Å². The van der Waals surface area contributed by atoms with Crippen LogP contribution in [0.25, 0.3) is 0 Å². The fourth-order valence-corrected chi connectivity index (χ4v) is 6.13. The van der Waals surface area contributed by atoms with Gasteiger partial charge in [-0.25, -0.2) is 0 Å². The summed E-state index contributed by atoms with van der Waals surface area (Å²) in [6.07, 6.45) is 17.0. The lowest BCUT2D eigenvalue weighted by molar-refractivity contribution is -0.513. The molecule has 1 aromatic carbocycles. The molecule has 3 aliphatic rings. The lowest BCUT2D eigenvalue weighted by Gasteiger charge is -2.27. The number of hydrogen-bond donors (Lipinski definition) is 0. The molecule has 0 saturated heterocycles. The van der Waals surface area contributed by atoms with Gasteiger partial charge in [0.05, 0.1) is 13.1 Å². The fourth-order valence-electron chi connectivity index (χ4n) is 6.13. The largest absolute Gasteiger partial charge is 0.344 e. The normalized spacial score (nSPS) is 22.2. The Bertz CT molecular complexity index is 870. The Kier molecular flexibility index (Phi) is 7.43. The van der Waals surface area contributed by atoms with E-state index in [9.17, 15) is 0 Å². The molecule has 0 amide bonds. The van der Waals surface area contributed by atoms with Crippen LogP contribution in [0.4, 0.5) is 5.69 Å². The maximum atomic E-state index is 2.61. The quantitative estimate of drug-likeness (QED) is 0.331. The second-order valence-corrected chi connectivity index (χ2v) is 10.4. The van der Waals surface area contributed by atoms with Crippen molar-refractivity contribution in [3.8, 4) is 0 Å². The van der Waals surface area contributed by atoms with Crippen LogP contribution in [-0.2, 0) is 5.41 Å². The summed E-state index contributed by atoms with van der Waals surface area (Å²) in [6.45, 7) is 14.9. The molecule has 1 aromatic rings. The summed E-state index contributed by atoms with van der Waals surface area (Å²) in [5, 5.41) is 0. The van der Waals surface area contributed by atoms with Gasteiger partial charge in [-0.1, -0.05) is 76.6 Å². The summed E-state index contributed by atoms with van der Waals surface area (Å²) in [4.78, 5) is 5.11. The van der Waals surface area contributed by atoms with E-state index in [1.807, 2.05) is 0 Å². The second kappa shape index (κ2) is 10.3. The summed E-state index contributed by atoms with van der Waals surface area (Å²) < 4.78 is 2.49. The summed E-state index contributed by atoms with van der Waals surface area (Å²) in [7, 11) is 0. The fraction of sp³-hybridized carbons (Fsp3) is 0.621. The number of hydrogen-bond acceptors (Lipinski definition) is 2. The average molecular weight is 435 g/mol. The maximum absolute atomic E-state index is 2.61. The van der Waals surface area contributed by atoms with E-state index in [4.69, 9.17) is 0 Å². The van der Waals surface area contributed by atoms with Crippen molar-refractivity contribution in [2.75, 3.05) is 37.6 Å². The molecule has 3 heteroatoms. The molecule has 2 heterocycles. The number of allylic oxidation sites excluding steroid dienone is 3. The van der Waals surface area contributed by atoms with Gasteiger partial charge in [-0.3, -0.25) is 9.48 Å². The predicted molar refractivity (Wildman–Crippen MR) is 138 cm³/mol. The average Bonchev–Trinajstić information content (AvgIpc) is 3.50. The lowest BCUT2D eigenvalue weighted by atomic mass is 9.84. The van der Waals surface area contributed by atoms with Crippen LogP contribution in [0.5, 0.6) is 0 Å². The standard InChI is InChI=1S/C29H44N3/c1-5-30-22-23-31(6-2)28(30)20-13-19-27-29(3,4)25-17-9-10-18-26(25)32(27)21-12-11-16-24-14-7-8-15-24/h9-10,13,17-20,24H,5-8,11-12,14-16,21-23H2,1-4H3/q+1. The van der Waals surface area contributed by atoms with Gasteiger partial charge in [0.15, 0.2) is 0 Å². The number of anilines is 1. The Balaban J connectivity index is 1.52. The smallest absolute Gasteiger partial charge is 0.272 e. The zero-order valence-electron chi connectivity index (χ0n) is 20.9. The number of amidine groups is 1. The molecule has 1 aliphatic carbocycles. The molecule has 0 N–H and O–H groups in total. The van der Waals surface area contributed by atoms with Crippen LogP contribution in [0.3, 0.4) is 0 Å². The Morgan fingerprint density at radius 2 is 1.88 bits per heavy atom. The van der Waals surface area contributed by atoms with Crippen molar-refractivity contribution in [2.45, 2.75) is 78.1 Å². The molecule has 0 unspecified atom stereocenters.